The minimum atomic E-state index is -1.31. The predicted molar refractivity (Wildman–Crippen MR) is 126 cm³/mol. The van der Waals surface area contributed by atoms with Crippen LogP contribution >= 0.6 is 23.3 Å². The quantitative estimate of drug-likeness (QED) is 0.0866. The Morgan fingerprint density at radius 1 is 1.37 bits per heavy atom. The zero-order valence-corrected chi connectivity index (χ0v) is 20.1. The topological polar surface area (TPSA) is 203 Å². The molecule has 3 aliphatic heterocycles. The molecule has 0 saturated carbocycles. The van der Waals surface area contributed by atoms with Crippen LogP contribution in [0.1, 0.15) is 12.2 Å². The molecule has 4 rings (SSSR count). The summed E-state index contributed by atoms with van der Waals surface area (Å²) in [5.41, 5.74) is 5.60. The summed E-state index contributed by atoms with van der Waals surface area (Å²) in [7, 11) is 1.79. The van der Waals surface area contributed by atoms with Gasteiger partial charge in [0.2, 0.25) is 17.4 Å². The van der Waals surface area contributed by atoms with Crippen LogP contribution in [0.5, 0.6) is 0 Å². The predicted octanol–water partition coefficient (Wildman–Crippen LogP) is -1.58. The molecule has 186 valence electrons. The van der Waals surface area contributed by atoms with Crippen LogP contribution in [-0.4, -0.2) is 103 Å². The molecule has 0 spiro atoms. The molecule has 14 nitrogen and oxygen atoms in total. The van der Waals surface area contributed by atoms with E-state index in [1.807, 2.05) is 0 Å². The van der Waals surface area contributed by atoms with E-state index in [9.17, 15) is 29.5 Å². The number of likely N-dealkylation sites (N-methyl/N-ethyl adjacent to an activating group) is 1. The molecule has 3 aliphatic rings. The summed E-state index contributed by atoms with van der Waals surface area (Å²) in [6, 6.07) is -1.05. The van der Waals surface area contributed by atoms with Crippen LogP contribution in [0.3, 0.4) is 0 Å². The first kappa shape index (κ1) is 24.6. The molecule has 0 radical (unpaired) electrons. The van der Waals surface area contributed by atoms with Crippen LogP contribution < -0.4 is 16.4 Å². The van der Waals surface area contributed by atoms with E-state index < -0.39 is 34.9 Å². The fourth-order valence-corrected chi connectivity index (χ4v) is 5.70. The van der Waals surface area contributed by atoms with E-state index in [-0.39, 0.29) is 28.3 Å². The van der Waals surface area contributed by atoms with Crippen molar-refractivity contribution in [2.75, 3.05) is 38.2 Å². The number of nitrogens with zero attached hydrogens (tertiary/aromatic N) is 5. The molecule has 2 atom stereocenters. The number of carboxylic acids is 1. The average Bonchev–Trinajstić information content (AvgIpc) is 3.41. The summed E-state index contributed by atoms with van der Waals surface area (Å²) in [6.07, 6.45) is 2.04. The van der Waals surface area contributed by atoms with Crippen molar-refractivity contribution in [3.05, 3.63) is 28.7 Å². The summed E-state index contributed by atoms with van der Waals surface area (Å²) in [5.74, 6) is -2.98. The van der Waals surface area contributed by atoms with Gasteiger partial charge >= 0.3 is 5.97 Å². The third-order valence-corrected chi connectivity index (χ3v) is 7.49. The number of nitrogens with two attached hydrogens (primary N) is 1. The number of aliphatic carboxylic acids is 1. The van der Waals surface area contributed by atoms with Gasteiger partial charge in [0, 0.05) is 42.5 Å². The number of thioether (sulfide) groups is 1. The van der Waals surface area contributed by atoms with Crippen LogP contribution in [0.4, 0.5) is 5.13 Å². The lowest BCUT2D eigenvalue weighted by Gasteiger charge is -2.49. The SMILES string of the molecule is CNCCN1CCC(=CC2=C(C(=O)O)N3C(=O)[C@@H](NC(=O)C(=NO)c4nsc(N)n4)[C@H]3SC2)C1=O. The molecule has 1 aromatic heterocycles. The highest BCUT2D eigenvalue weighted by Gasteiger charge is 2.54. The lowest BCUT2D eigenvalue weighted by Crippen LogP contribution is -2.71. The molecule has 35 heavy (non-hydrogen) atoms. The van der Waals surface area contributed by atoms with Crippen LogP contribution in [0.25, 0.3) is 0 Å². The first-order valence-electron chi connectivity index (χ1n) is 10.4. The highest BCUT2D eigenvalue weighted by atomic mass is 32.2. The molecule has 0 aromatic carbocycles. The van der Waals surface area contributed by atoms with E-state index in [0.717, 1.165) is 16.4 Å². The highest BCUT2D eigenvalue weighted by molar-refractivity contribution is 8.00. The Kier molecular flexibility index (Phi) is 7.04. The van der Waals surface area contributed by atoms with Crippen molar-refractivity contribution in [2.45, 2.75) is 17.8 Å². The van der Waals surface area contributed by atoms with Crippen molar-refractivity contribution in [1.82, 2.24) is 29.8 Å². The summed E-state index contributed by atoms with van der Waals surface area (Å²) in [6.45, 7) is 1.73. The van der Waals surface area contributed by atoms with Crippen LogP contribution in [0.15, 0.2) is 28.1 Å². The number of carboxylic acid groups (broad SMARTS) is 1. The number of fused-ring (bicyclic) bond motifs is 1. The van der Waals surface area contributed by atoms with Crippen molar-refractivity contribution >= 4 is 57.8 Å². The molecule has 0 bridgehead atoms. The van der Waals surface area contributed by atoms with Crippen LogP contribution in [0, 0.1) is 0 Å². The van der Waals surface area contributed by atoms with E-state index in [2.05, 4.69) is 25.1 Å². The second-order valence-electron chi connectivity index (χ2n) is 7.76. The summed E-state index contributed by atoms with van der Waals surface area (Å²) in [5, 5.41) is 26.8. The monoisotopic (exact) mass is 522 g/mol. The number of carbonyl (C=O) groups is 4. The first-order chi connectivity index (χ1) is 16.8. The van der Waals surface area contributed by atoms with Gasteiger partial charge in [-0.25, -0.2) is 4.79 Å². The Morgan fingerprint density at radius 3 is 2.77 bits per heavy atom. The van der Waals surface area contributed by atoms with Gasteiger partial charge in [-0.2, -0.15) is 9.36 Å². The molecule has 2 fully saturated rings. The number of nitrogen functional groups attached to an aromatic ring is 1. The van der Waals surface area contributed by atoms with Crippen molar-refractivity contribution in [2.24, 2.45) is 5.16 Å². The lowest BCUT2D eigenvalue weighted by atomic mass is 10.0. The summed E-state index contributed by atoms with van der Waals surface area (Å²) in [4.78, 5) is 56.7. The Bertz CT molecular complexity index is 1180. The molecular formula is C19H22N8O6S2. The number of rotatable bonds is 8. The van der Waals surface area contributed by atoms with Crippen LogP contribution in [0.2, 0.25) is 0 Å². The first-order valence-corrected chi connectivity index (χ1v) is 12.3. The second kappa shape index (κ2) is 10.0. The number of likely N-dealkylation sites (tertiary alicyclic amines) is 1. The fraction of sp³-hybridized carbons (Fsp3) is 0.421. The zero-order valence-electron chi connectivity index (χ0n) is 18.4. The number of oxime groups is 1. The third-order valence-electron chi connectivity index (χ3n) is 5.65. The second-order valence-corrected chi connectivity index (χ2v) is 9.65. The van der Waals surface area contributed by atoms with E-state index in [4.69, 9.17) is 5.73 Å². The van der Waals surface area contributed by atoms with Gasteiger partial charge in [0.05, 0.1) is 0 Å². The van der Waals surface area contributed by atoms with Crippen molar-refractivity contribution in [1.29, 1.82) is 0 Å². The lowest BCUT2D eigenvalue weighted by molar-refractivity contribution is -0.150. The highest BCUT2D eigenvalue weighted by Crippen LogP contribution is 2.41. The maximum absolute atomic E-state index is 12.9. The van der Waals surface area contributed by atoms with E-state index in [1.165, 1.54) is 11.8 Å². The smallest absolute Gasteiger partial charge is 0.352 e. The number of hydrogen-bond donors (Lipinski definition) is 5. The molecule has 4 heterocycles. The summed E-state index contributed by atoms with van der Waals surface area (Å²) < 4.78 is 3.81. The minimum absolute atomic E-state index is 0.0615. The summed E-state index contributed by atoms with van der Waals surface area (Å²) >= 11 is 2.05. The zero-order chi connectivity index (χ0) is 25.3. The van der Waals surface area contributed by atoms with Gasteiger partial charge in [-0.1, -0.05) is 5.16 Å². The minimum Gasteiger partial charge on any atom is -0.477 e. The largest absolute Gasteiger partial charge is 0.477 e. The van der Waals surface area contributed by atoms with Gasteiger partial charge in [0.25, 0.3) is 11.8 Å². The van der Waals surface area contributed by atoms with E-state index in [1.54, 1.807) is 18.0 Å². The standard InChI is InChI=1S/C19H22N8O6S2/c1-21-3-5-26-4-2-8(15(26)29)6-9-7-34-17-11(16(30)27(17)12(9)18(31)32)22-14(28)10(24-33)13-23-19(20)35-25-13/h6,11,17,21,33H,2-5,7H2,1H3,(H,22,28)(H,31,32)(H2,20,23,25)/t11-,17-/m1/s1. The van der Waals surface area contributed by atoms with Gasteiger partial charge in [0.15, 0.2) is 5.13 Å². The number of allylic oxidation sites excluding steroid dienone is 1. The molecular weight excluding hydrogens is 500 g/mol. The Hall–Kier alpha value is -3.50. The number of anilines is 1. The van der Waals surface area contributed by atoms with Gasteiger partial charge in [-0.05, 0) is 25.1 Å². The maximum Gasteiger partial charge on any atom is 0.352 e. The molecule has 0 aliphatic carbocycles. The number of β-lactam (4-membered cyclic amide) rings is 1. The molecule has 2 saturated heterocycles. The van der Waals surface area contributed by atoms with Crippen molar-refractivity contribution in [3.8, 4) is 0 Å². The van der Waals surface area contributed by atoms with Crippen LogP contribution in [-0.2, 0) is 19.2 Å². The molecule has 3 amide bonds. The number of hydrogen-bond acceptors (Lipinski definition) is 12. The molecule has 6 N–H and O–H groups in total. The van der Waals surface area contributed by atoms with Gasteiger partial charge in [0.1, 0.15) is 17.1 Å². The fourth-order valence-electron chi connectivity index (χ4n) is 3.96. The van der Waals surface area contributed by atoms with Gasteiger partial charge in [-0.15, -0.1) is 11.8 Å². The molecule has 1 aromatic rings. The van der Waals surface area contributed by atoms with Crippen molar-refractivity contribution < 1.29 is 29.5 Å². The number of aromatic nitrogens is 2. The molecule has 16 heteroatoms. The van der Waals surface area contributed by atoms with E-state index >= 15 is 0 Å². The normalized spacial score (nSPS) is 23.6. The average molecular weight is 523 g/mol. The van der Waals surface area contributed by atoms with Crippen molar-refractivity contribution in [3.63, 3.8) is 0 Å². The number of amides is 3. The molecule has 0 unspecified atom stereocenters. The van der Waals surface area contributed by atoms with Gasteiger partial charge in [-0.3, -0.25) is 19.3 Å². The third kappa shape index (κ3) is 4.59. The Labute approximate surface area is 207 Å². The van der Waals surface area contributed by atoms with E-state index in [0.29, 0.717) is 37.2 Å². The Morgan fingerprint density at radius 2 is 2.14 bits per heavy atom. The number of nitrogens with one attached hydrogen (secondary N) is 2. The Balaban J connectivity index is 1.51. The number of carbonyl (C=O) groups excluding carboxylic acids is 3. The van der Waals surface area contributed by atoms with Gasteiger partial charge < -0.3 is 31.6 Å². The maximum atomic E-state index is 12.9.